The molecule has 0 atom stereocenters. The molecule has 2 aromatic heterocycles. The molecule has 1 aliphatic carbocycles. The molecule has 1 saturated carbocycles. The lowest BCUT2D eigenvalue weighted by molar-refractivity contribution is 0.0962. The molecule has 0 bridgehead atoms. The maximum absolute atomic E-state index is 13.7. The summed E-state index contributed by atoms with van der Waals surface area (Å²) < 4.78 is 19.6. The Labute approximate surface area is 224 Å². The summed E-state index contributed by atoms with van der Waals surface area (Å²) in [6.45, 7) is 1.98. The Kier molecular flexibility index (Phi) is 6.15. The van der Waals surface area contributed by atoms with Gasteiger partial charge in [-0.25, -0.2) is 9.37 Å². The van der Waals surface area contributed by atoms with Gasteiger partial charge in [0.15, 0.2) is 5.82 Å². The van der Waals surface area contributed by atoms with Crippen molar-refractivity contribution in [1.29, 1.82) is 0 Å². The van der Waals surface area contributed by atoms with Crippen LogP contribution in [-0.4, -0.2) is 34.9 Å². The Morgan fingerprint density at radius 2 is 1.77 bits per heavy atom. The number of furan rings is 1. The van der Waals surface area contributed by atoms with Crippen molar-refractivity contribution in [2.24, 2.45) is 0 Å². The van der Waals surface area contributed by atoms with Gasteiger partial charge >= 0.3 is 0 Å². The van der Waals surface area contributed by atoms with Crippen LogP contribution in [0.15, 0.2) is 83.7 Å². The standard InChI is InChI=1S/C31H25FN4O3/c1-18-3-4-21(31(38)36(23-10-11-23)27-17-34-13-14-35-27)16-24(18)20-7-12-26-25(15-20)28(30(37)33-2)29(39-26)19-5-8-22(32)9-6-19/h3-9,12-17,23H,10-11H2,1-2H3,(H,33,37). The SMILES string of the molecule is CNC(=O)c1c(-c2ccc(F)cc2)oc2ccc(-c3cc(C(=O)N(c4cnccn4)C4CC4)ccc3C)cc12. The first-order chi connectivity index (χ1) is 18.9. The van der Waals surface area contributed by atoms with Gasteiger partial charge in [0.05, 0.1) is 11.8 Å². The normalized spacial score (nSPS) is 12.9. The van der Waals surface area contributed by atoms with Crippen LogP contribution in [0.5, 0.6) is 0 Å². The lowest BCUT2D eigenvalue weighted by Gasteiger charge is -2.21. The summed E-state index contributed by atoms with van der Waals surface area (Å²) in [7, 11) is 1.56. The largest absolute Gasteiger partial charge is 0.455 e. The molecule has 194 valence electrons. The molecule has 0 spiro atoms. The zero-order chi connectivity index (χ0) is 27.1. The molecule has 3 aromatic carbocycles. The predicted octanol–water partition coefficient (Wildman–Crippen LogP) is 6.17. The van der Waals surface area contributed by atoms with Crippen molar-refractivity contribution in [1.82, 2.24) is 15.3 Å². The van der Waals surface area contributed by atoms with Gasteiger partial charge in [0, 0.05) is 42.0 Å². The van der Waals surface area contributed by atoms with Gasteiger partial charge in [-0.3, -0.25) is 19.5 Å². The highest BCUT2D eigenvalue weighted by Gasteiger charge is 2.35. The van der Waals surface area contributed by atoms with Gasteiger partial charge in [0.25, 0.3) is 11.8 Å². The number of fused-ring (bicyclic) bond motifs is 1. The maximum Gasteiger partial charge on any atom is 0.259 e. The highest BCUT2D eigenvalue weighted by atomic mass is 19.1. The number of aromatic nitrogens is 2. The highest BCUT2D eigenvalue weighted by molar-refractivity contribution is 6.12. The minimum atomic E-state index is -0.372. The van der Waals surface area contributed by atoms with Crippen LogP contribution in [0.2, 0.25) is 0 Å². The van der Waals surface area contributed by atoms with E-state index in [1.165, 1.54) is 12.1 Å². The number of hydrogen-bond acceptors (Lipinski definition) is 5. The third-order valence-electron chi connectivity index (χ3n) is 6.97. The number of carbonyl (C=O) groups is 2. The van der Waals surface area contributed by atoms with Crippen LogP contribution < -0.4 is 10.2 Å². The van der Waals surface area contributed by atoms with Crippen molar-refractivity contribution in [2.45, 2.75) is 25.8 Å². The second-order valence-corrected chi connectivity index (χ2v) is 9.60. The molecule has 2 amide bonds. The molecule has 1 fully saturated rings. The van der Waals surface area contributed by atoms with Crippen molar-refractivity contribution in [3.05, 3.63) is 102 Å². The van der Waals surface area contributed by atoms with Crippen LogP contribution >= 0.6 is 0 Å². The van der Waals surface area contributed by atoms with E-state index in [4.69, 9.17) is 4.42 Å². The lowest BCUT2D eigenvalue weighted by Crippen LogP contribution is -2.33. The Balaban J connectivity index is 1.44. The fraction of sp³-hybridized carbons (Fsp3) is 0.161. The summed E-state index contributed by atoms with van der Waals surface area (Å²) in [5.74, 6) is 0.0907. The molecule has 8 heteroatoms. The molecule has 0 unspecified atom stereocenters. The lowest BCUT2D eigenvalue weighted by atomic mass is 9.95. The predicted molar refractivity (Wildman–Crippen MR) is 147 cm³/mol. The van der Waals surface area contributed by atoms with Crippen LogP contribution in [0.4, 0.5) is 10.2 Å². The van der Waals surface area contributed by atoms with E-state index in [9.17, 15) is 14.0 Å². The Morgan fingerprint density at radius 3 is 2.46 bits per heavy atom. The van der Waals surface area contributed by atoms with E-state index in [1.54, 1.807) is 42.7 Å². The minimum Gasteiger partial charge on any atom is -0.455 e. The number of nitrogens with zero attached hydrogens (tertiary/aromatic N) is 3. The van der Waals surface area contributed by atoms with Gasteiger partial charge in [0.1, 0.15) is 17.2 Å². The second kappa shape index (κ2) is 9.79. The highest BCUT2D eigenvalue weighted by Crippen LogP contribution is 2.37. The second-order valence-electron chi connectivity index (χ2n) is 9.60. The van der Waals surface area contributed by atoms with Gasteiger partial charge in [-0.05, 0) is 85.0 Å². The summed E-state index contributed by atoms with van der Waals surface area (Å²) in [6.07, 6.45) is 6.64. The molecule has 1 N–H and O–H groups in total. The molecule has 0 radical (unpaired) electrons. The summed E-state index contributed by atoms with van der Waals surface area (Å²) in [5.41, 5.74) is 4.72. The van der Waals surface area contributed by atoms with E-state index in [1.807, 2.05) is 43.3 Å². The van der Waals surface area contributed by atoms with Crippen LogP contribution in [-0.2, 0) is 0 Å². The first kappa shape index (κ1) is 24.5. The van der Waals surface area contributed by atoms with E-state index in [0.29, 0.717) is 39.2 Å². The molecule has 1 aliphatic rings. The number of halogens is 1. The zero-order valence-corrected chi connectivity index (χ0v) is 21.4. The van der Waals surface area contributed by atoms with Crippen LogP contribution in [0.25, 0.3) is 33.4 Å². The number of carbonyl (C=O) groups excluding carboxylic acids is 2. The number of hydrogen-bond donors (Lipinski definition) is 1. The quantitative estimate of drug-likeness (QED) is 0.289. The van der Waals surface area contributed by atoms with E-state index < -0.39 is 0 Å². The van der Waals surface area contributed by atoms with Crippen LogP contribution in [0, 0.1) is 12.7 Å². The Bertz CT molecular complexity index is 1710. The van der Waals surface area contributed by atoms with Gasteiger partial charge in [-0.1, -0.05) is 12.1 Å². The molecule has 39 heavy (non-hydrogen) atoms. The molecular formula is C31H25FN4O3. The molecule has 0 saturated heterocycles. The van der Waals surface area contributed by atoms with Gasteiger partial charge in [-0.15, -0.1) is 0 Å². The fourth-order valence-corrected chi connectivity index (χ4v) is 4.83. The van der Waals surface area contributed by atoms with Gasteiger partial charge in [0.2, 0.25) is 0 Å². The first-order valence-electron chi connectivity index (χ1n) is 12.7. The average Bonchev–Trinajstić information content (AvgIpc) is 3.72. The third-order valence-corrected chi connectivity index (χ3v) is 6.97. The summed E-state index contributed by atoms with van der Waals surface area (Å²) in [6, 6.07) is 17.2. The number of aryl methyl sites for hydroxylation is 1. The average molecular weight is 521 g/mol. The van der Waals surface area contributed by atoms with Crippen molar-refractivity contribution in [2.75, 3.05) is 11.9 Å². The summed E-state index contributed by atoms with van der Waals surface area (Å²) >= 11 is 0. The number of rotatable bonds is 6. The molecule has 0 aliphatic heterocycles. The first-order valence-corrected chi connectivity index (χ1v) is 12.7. The van der Waals surface area contributed by atoms with Crippen LogP contribution in [0.1, 0.15) is 39.1 Å². The van der Waals surface area contributed by atoms with Crippen molar-refractivity contribution in [3.8, 4) is 22.5 Å². The number of benzene rings is 3. The maximum atomic E-state index is 13.7. The monoisotopic (exact) mass is 520 g/mol. The zero-order valence-electron chi connectivity index (χ0n) is 21.4. The molecule has 6 rings (SSSR count). The van der Waals surface area contributed by atoms with E-state index in [2.05, 4.69) is 15.3 Å². The van der Waals surface area contributed by atoms with Gasteiger partial charge in [-0.2, -0.15) is 0 Å². The van der Waals surface area contributed by atoms with E-state index in [-0.39, 0.29) is 23.7 Å². The number of amides is 2. The third kappa shape index (κ3) is 4.54. The summed E-state index contributed by atoms with van der Waals surface area (Å²) in [4.78, 5) is 36.9. The molecule has 2 heterocycles. The van der Waals surface area contributed by atoms with E-state index in [0.717, 1.165) is 29.5 Å². The Morgan fingerprint density at radius 1 is 1.00 bits per heavy atom. The topological polar surface area (TPSA) is 88.3 Å². The number of nitrogens with one attached hydrogen (secondary N) is 1. The fourth-order valence-electron chi connectivity index (χ4n) is 4.83. The molecule has 5 aromatic rings. The smallest absolute Gasteiger partial charge is 0.259 e. The minimum absolute atomic E-state index is 0.112. The summed E-state index contributed by atoms with van der Waals surface area (Å²) in [5, 5.41) is 3.31. The van der Waals surface area contributed by atoms with Crippen LogP contribution in [0.3, 0.4) is 0 Å². The molecule has 7 nitrogen and oxygen atoms in total. The van der Waals surface area contributed by atoms with Gasteiger partial charge < -0.3 is 9.73 Å². The Hall–Kier alpha value is -4.85. The van der Waals surface area contributed by atoms with Crippen molar-refractivity contribution >= 4 is 28.6 Å². The van der Waals surface area contributed by atoms with Crippen molar-refractivity contribution in [3.63, 3.8) is 0 Å². The molecular weight excluding hydrogens is 495 g/mol. The number of anilines is 1. The van der Waals surface area contributed by atoms with E-state index >= 15 is 0 Å². The van der Waals surface area contributed by atoms with Crippen molar-refractivity contribution < 1.29 is 18.4 Å².